The van der Waals surface area contributed by atoms with E-state index in [4.69, 9.17) is 4.74 Å². The van der Waals surface area contributed by atoms with Crippen LogP contribution in [0.1, 0.15) is 18.9 Å². The summed E-state index contributed by atoms with van der Waals surface area (Å²) in [5.41, 5.74) is 2.55. The van der Waals surface area contributed by atoms with Gasteiger partial charge in [0.25, 0.3) is 0 Å². The highest BCUT2D eigenvalue weighted by Gasteiger charge is 2.31. The van der Waals surface area contributed by atoms with Crippen molar-refractivity contribution in [2.24, 2.45) is 5.92 Å². The maximum Gasteiger partial charge on any atom is 0.142 e. The van der Waals surface area contributed by atoms with Gasteiger partial charge in [0.05, 0.1) is 11.7 Å². The standard InChI is InChI=1S/C15H22N2O/c1-3-11-4-5-15-13(8-11)16-14(10-18-15)12-6-7-17(2)9-12/h4-5,8,12,14,16H,3,6-7,9-10H2,1-2H3. The molecule has 2 heterocycles. The Bertz CT molecular complexity index is 433. The molecule has 1 aromatic rings. The molecule has 0 bridgehead atoms. The van der Waals surface area contributed by atoms with Crippen LogP contribution in [-0.2, 0) is 6.42 Å². The van der Waals surface area contributed by atoms with Crippen LogP contribution in [0.5, 0.6) is 5.75 Å². The quantitative estimate of drug-likeness (QED) is 0.867. The fourth-order valence-corrected chi connectivity index (χ4v) is 3.01. The molecule has 1 N–H and O–H groups in total. The Morgan fingerprint density at radius 1 is 1.44 bits per heavy atom. The van der Waals surface area contributed by atoms with Gasteiger partial charge in [0.1, 0.15) is 12.4 Å². The van der Waals surface area contributed by atoms with Gasteiger partial charge in [-0.1, -0.05) is 13.0 Å². The van der Waals surface area contributed by atoms with E-state index in [1.54, 1.807) is 0 Å². The van der Waals surface area contributed by atoms with E-state index in [0.29, 0.717) is 12.0 Å². The molecule has 3 heteroatoms. The summed E-state index contributed by atoms with van der Waals surface area (Å²) >= 11 is 0. The summed E-state index contributed by atoms with van der Waals surface area (Å²) in [6, 6.07) is 6.96. The van der Waals surface area contributed by atoms with Crippen molar-refractivity contribution in [3.63, 3.8) is 0 Å². The van der Waals surface area contributed by atoms with Gasteiger partial charge in [-0.05, 0) is 50.0 Å². The Kier molecular flexibility index (Phi) is 3.16. The van der Waals surface area contributed by atoms with Crippen LogP contribution >= 0.6 is 0 Å². The fraction of sp³-hybridized carbons (Fsp3) is 0.600. The first kappa shape index (κ1) is 11.8. The number of nitrogens with zero attached hydrogens (tertiary/aromatic N) is 1. The van der Waals surface area contributed by atoms with E-state index in [2.05, 4.69) is 42.4 Å². The largest absolute Gasteiger partial charge is 0.489 e. The summed E-state index contributed by atoms with van der Waals surface area (Å²) in [5.74, 6) is 1.73. The molecule has 98 valence electrons. The van der Waals surface area contributed by atoms with Crippen molar-refractivity contribution in [1.29, 1.82) is 0 Å². The first-order valence-electron chi connectivity index (χ1n) is 6.97. The molecule has 1 aromatic carbocycles. The number of benzene rings is 1. The fourth-order valence-electron chi connectivity index (χ4n) is 3.01. The Hall–Kier alpha value is -1.22. The number of anilines is 1. The molecule has 0 aliphatic carbocycles. The molecule has 2 aliphatic heterocycles. The predicted octanol–water partition coefficient (Wildman–Crippen LogP) is 2.37. The molecule has 0 radical (unpaired) electrons. The van der Waals surface area contributed by atoms with Gasteiger partial charge in [-0.3, -0.25) is 0 Å². The summed E-state index contributed by atoms with van der Waals surface area (Å²) in [4.78, 5) is 2.41. The van der Waals surface area contributed by atoms with E-state index >= 15 is 0 Å². The highest BCUT2D eigenvalue weighted by atomic mass is 16.5. The Balaban J connectivity index is 1.75. The second-order valence-corrected chi connectivity index (χ2v) is 5.56. The first-order valence-corrected chi connectivity index (χ1v) is 6.97. The SMILES string of the molecule is CCc1ccc2c(c1)NC(C1CCN(C)C1)CO2. The Morgan fingerprint density at radius 3 is 3.06 bits per heavy atom. The maximum absolute atomic E-state index is 5.90. The maximum atomic E-state index is 5.90. The zero-order valence-electron chi connectivity index (χ0n) is 11.3. The molecule has 0 amide bonds. The molecular weight excluding hydrogens is 224 g/mol. The number of aryl methyl sites for hydroxylation is 1. The van der Waals surface area contributed by atoms with Crippen LogP contribution in [-0.4, -0.2) is 37.7 Å². The number of fused-ring (bicyclic) bond motifs is 1. The van der Waals surface area contributed by atoms with E-state index in [9.17, 15) is 0 Å². The van der Waals surface area contributed by atoms with E-state index in [-0.39, 0.29) is 0 Å². The summed E-state index contributed by atoms with van der Waals surface area (Å²) in [7, 11) is 2.20. The van der Waals surface area contributed by atoms with Gasteiger partial charge in [-0.15, -0.1) is 0 Å². The van der Waals surface area contributed by atoms with Crippen molar-refractivity contribution in [1.82, 2.24) is 4.90 Å². The third kappa shape index (κ3) is 2.19. The van der Waals surface area contributed by atoms with Gasteiger partial charge in [-0.2, -0.15) is 0 Å². The minimum atomic E-state index is 0.467. The van der Waals surface area contributed by atoms with E-state index in [1.807, 2.05) is 0 Å². The number of hydrogen-bond acceptors (Lipinski definition) is 3. The van der Waals surface area contributed by atoms with Crippen molar-refractivity contribution in [2.75, 3.05) is 32.1 Å². The summed E-state index contributed by atoms with van der Waals surface area (Å²) in [6.45, 7) is 5.39. The smallest absolute Gasteiger partial charge is 0.142 e. The molecule has 1 fully saturated rings. The van der Waals surface area contributed by atoms with Gasteiger partial charge in [0.15, 0.2) is 0 Å². The normalized spacial score (nSPS) is 27.4. The van der Waals surface area contributed by atoms with Crippen LogP contribution in [0.2, 0.25) is 0 Å². The molecule has 2 aliphatic rings. The van der Waals surface area contributed by atoms with Crippen LogP contribution in [0, 0.1) is 5.92 Å². The van der Waals surface area contributed by atoms with Crippen molar-refractivity contribution < 1.29 is 4.74 Å². The molecule has 0 saturated carbocycles. The van der Waals surface area contributed by atoms with Crippen LogP contribution in [0.25, 0.3) is 0 Å². The lowest BCUT2D eigenvalue weighted by molar-refractivity contribution is 0.244. The van der Waals surface area contributed by atoms with Crippen molar-refractivity contribution in [3.8, 4) is 5.75 Å². The lowest BCUT2D eigenvalue weighted by Gasteiger charge is -2.31. The molecule has 2 atom stereocenters. The first-order chi connectivity index (χ1) is 8.76. The van der Waals surface area contributed by atoms with Gasteiger partial charge in [0.2, 0.25) is 0 Å². The predicted molar refractivity (Wildman–Crippen MR) is 74.3 cm³/mol. The molecule has 0 spiro atoms. The molecule has 3 nitrogen and oxygen atoms in total. The zero-order valence-corrected chi connectivity index (χ0v) is 11.3. The average molecular weight is 246 g/mol. The van der Waals surface area contributed by atoms with Gasteiger partial charge in [0, 0.05) is 6.54 Å². The molecule has 0 aromatic heterocycles. The van der Waals surface area contributed by atoms with E-state index in [0.717, 1.165) is 18.8 Å². The molecule has 18 heavy (non-hydrogen) atoms. The molecule has 2 unspecified atom stereocenters. The second kappa shape index (κ2) is 4.81. The number of rotatable bonds is 2. The van der Waals surface area contributed by atoms with E-state index < -0.39 is 0 Å². The lowest BCUT2D eigenvalue weighted by atomic mass is 9.97. The lowest BCUT2D eigenvalue weighted by Crippen LogP contribution is -2.39. The number of ether oxygens (including phenoxy) is 1. The zero-order chi connectivity index (χ0) is 12.5. The number of likely N-dealkylation sites (tertiary alicyclic amines) is 1. The third-order valence-electron chi connectivity index (χ3n) is 4.21. The summed E-state index contributed by atoms with van der Waals surface area (Å²) < 4.78 is 5.90. The third-order valence-corrected chi connectivity index (χ3v) is 4.21. The van der Waals surface area contributed by atoms with Crippen molar-refractivity contribution >= 4 is 5.69 Å². The highest BCUT2D eigenvalue weighted by Crippen LogP contribution is 2.33. The van der Waals surface area contributed by atoms with Crippen molar-refractivity contribution in [3.05, 3.63) is 23.8 Å². The summed E-state index contributed by atoms with van der Waals surface area (Å²) in [6.07, 6.45) is 2.35. The minimum Gasteiger partial charge on any atom is -0.489 e. The van der Waals surface area contributed by atoms with Crippen molar-refractivity contribution in [2.45, 2.75) is 25.8 Å². The van der Waals surface area contributed by atoms with Gasteiger partial charge >= 0.3 is 0 Å². The van der Waals surface area contributed by atoms with Gasteiger partial charge in [-0.25, -0.2) is 0 Å². The van der Waals surface area contributed by atoms with E-state index in [1.165, 1.54) is 30.8 Å². The number of hydrogen-bond donors (Lipinski definition) is 1. The van der Waals surface area contributed by atoms with Crippen LogP contribution in [0.4, 0.5) is 5.69 Å². The average Bonchev–Trinajstić information content (AvgIpc) is 2.84. The number of nitrogens with one attached hydrogen (secondary N) is 1. The van der Waals surface area contributed by atoms with Crippen LogP contribution in [0.3, 0.4) is 0 Å². The topological polar surface area (TPSA) is 24.5 Å². The second-order valence-electron chi connectivity index (χ2n) is 5.56. The molecular formula is C15H22N2O. The molecule has 3 rings (SSSR count). The molecule has 1 saturated heterocycles. The van der Waals surface area contributed by atoms with Crippen LogP contribution < -0.4 is 10.1 Å². The Morgan fingerprint density at radius 2 is 2.33 bits per heavy atom. The van der Waals surface area contributed by atoms with Gasteiger partial charge < -0.3 is 15.0 Å². The summed E-state index contributed by atoms with van der Waals surface area (Å²) in [5, 5.41) is 3.68. The minimum absolute atomic E-state index is 0.467. The Labute approximate surface area is 109 Å². The monoisotopic (exact) mass is 246 g/mol. The van der Waals surface area contributed by atoms with Crippen LogP contribution in [0.15, 0.2) is 18.2 Å². The highest BCUT2D eigenvalue weighted by molar-refractivity contribution is 5.60.